The van der Waals surface area contributed by atoms with Gasteiger partial charge in [0, 0.05) is 13.1 Å². The van der Waals surface area contributed by atoms with Gasteiger partial charge in [0.1, 0.15) is 11.4 Å². The average Bonchev–Trinajstić information content (AvgIpc) is 2.84. The van der Waals surface area contributed by atoms with E-state index in [4.69, 9.17) is 5.73 Å². The Kier molecular flexibility index (Phi) is 6.01. The van der Waals surface area contributed by atoms with Crippen LogP contribution in [0.15, 0.2) is 6.20 Å². The monoisotopic (exact) mass is 414 g/mol. The quantitative estimate of drug-likeness (QED) is 0.234. The number of amides is 6. The maximum Gasteiger partial charge on any atom is 0.322 e. The van der Waals surface area contributed by atoms with Crippen LogP contribution in [0.25, 0.3) is 0 Å². The fourth-order valence-corrected chi connectivity index (χ4v) is 3.36. The Balaban J connectivity index is 1.66. The first-order chi connectivity index (χ1) is 14.3. The number of carbonyl (C=O) groups is 4. The van der Waals surface area contributed by atoms with Gasteiger partial charge in [-0.3, -0.25) is 20.2 Å². The number of carbonyl (C=O) groups excluding carboxylic acids is 4. The lowest BCUT2D eigenvalue weighted by Crippen LogP contribution is -2.47. The van der Waals surface area contributed by atoms with E-state index in [2.05, 4.69) is 37.8 Å². The van der Waals surface area contributed by atoms with Crippen molar-refractivity contribution < 1.29 is 19.2 Å². The summed E-state index contributed by atoms with van der Waals surface area (Å²) in [4.78, 5) is 55.7. The number of hydrogen-bond donors (Lipinski definition) is 5. The molecule has 0 radical (unpaired) electrons. The Hall–Kier alpha value is -3.88. The molecule has 0 saturated carbocycles. The van der Waals surface area contributed by atoms with E-state index in [1.54, 1.807) is 6.92 Å². The molecule has 12 nitrogen and oxygen atoms in total. The second-order valence-corrected chi connectivity index (χ2v) is 7.03. The summed E-state index contributed by atoms with van der Waals surface area (Å²) >= 11 is 0. The summed E-state index contributed by atoms with van der Waals surface area (Å²) in [5, 5.41) is 9.45. The minimum absolute atomic E-state index is 0.183. The number of nitrogens with one attached hydrogen (secondary N) is 4. The molecule has 12 heteroatoms. The number of imide groups is 2. The van der Waals surface area contributed by atoms with Crippen molar-refractivity contribution in [2.45, 2.75) is 37.8 Å². The van der Waals surface area contributed by atoms with Crippen LogP contribution >= 0.6 is 0 Å². The van der Waals surface area contributed by atoms with E-state index < -0.39 is 23.6 Å². The van der Waals surface area contributed by atoms with Crippen LogP contribution in [0, 0.1) is 11.8 Å². The van der Waals surface area contributed by atoms with Crippen LogP contribution in [0.4, 0.5) is 21.4 Å². The van der Waals surface area contributed by atoms with Crippen LogP contribution < -0.4 is 31.9 Å². The number of rotatable bonds is 3. The molecule has 1 aromatic rings. The van der Waals surface area contributed by atoms with Crippen LogP contribution in [0.3, 0.4) is 0 Å². The molecular formula is C18H22N8O4. The summed E-state index contributed by atoms with van der Waals surface area (Å²) < 4.78 is 0. The Morgan fingerprint density at radius 2 is 2.20 bits per heavy atom. The van der Waals surface area contributed by atoms with Crippen molar-refractivity contribution in [1.29, 1.82) is 0 Å². The predicted octanol–water partition coefficient (Wildman–Crippen LogP) is -1.18. The molecule has 2 fully saturated rings. The summed E-state index contributed by atoms with van der Waals surface area (Å²) in [5.41, 5.74) is 5.52. The van der Waals surface area contributed by atoms with E-state index in [0.717, 1.165) is 0 Å². The maximum absolute atomic E-state index is 12.2. The Labute approximate surface area is 172 Å². The van der Waals surface area contributed by atoms with Gasteiger partial charge in [0.15, 0.2) is 0 Å². The molecule has 0 aliphatic carbocycles. The van der Waals surface area contributed by atoms with E-state index in [1.165, 1.54) is 6.20 Å². The van der Waals surface area contributed by atoms with Crippen molar-refractivity contribution in [2.75, 3.05) is 23.7 Å². The highest BCUT2D eigenvalue weighted by molar-refractivity contribution is 6.07. The molecule has 30 heavy (non-hydrogen) atoms. The van der Waals surface area contributed by atoms with Gasteiger partial charge in [-0.25, -0.2) is 14.6 Å². The number of nitrogens with two attached hydrogens (primary N) is 1. The first-order valence-corrected chi connectivity index (χ1v) is 9.36. The number of nitrogens with zero attached hydrogens (tertiary/aromatic N) is 3. The molecule has 2 unspecified atom stereocenters. The molecule has 6 amide bonds. The molecule has 2 aliphatic heterocycles. The zero-order valence-electron chi connectivity index (χ0n) is 16.3. The highest BCUT2D eigenvalue weighted by Crippen LogP contribution is 2.27. The summed E-state index contributed by atoms with van der Waals surface area (Å²) in [7, 11) is 0. The molecule has 1 spiro atoms. The van der Waals surface area contributed by atoms with Gasteiger partial charge < -0.3 is 21.3 Å². The summed E-state index contributed by atoms with van der Waals surface area (Å²) in [6, 6.07) is -1.65. The first-order valence-electron chi connectivity index (χ1n) is 9.36. The molecule has 2 aliphatic rings. The topological polar surface area (TPSA) is 171 Å². The zero-order valence-corrected chi connectivity index (χ0v) is 16.3. The van der Waals surface area contributed by atoms with Gasteiger partial charge in [0.2, 0.25) is 12.4 Å². The number of hydrogen-bond acceptors (Lipinski definition) is 8. The molecule has 3 rings (SSSR count). The molecule has 2 atom stereocenters. The minimum Gasteiger partial charge on any atom is -0.382 e. The van der Waals surface area contributed by atoms with Gasteiger partial charge in [0.25, 0.3) is 5.91 Å². The third-order valence-electron chi connectivity index (χ3n) is 4.90. The fourth-order valence-electron chi connectivity index (χ4n) is 3.36. The smallest absolute Gasteiger partial charge is 0.322 e. The summed E-state index contributed by atoms with van der Waals surface area (Å²) in [6.07, 6.45) is 3.40. The van der Waals surface area contributed by atoms with Crippen molar-refractivity contribution in [2.24, 2.45) is 0 Å². The summed E-state index contributed by atoms with van der Waals surface area (Å²) in [5.74, 6) is 5.88. The molecule has 3 heterocycles. The van der Waals surface area contributed by atoms with Crippen LogP contribution in [-0.4, -0.2) is 59.0 Å². The van der Waals surface area contributed by atoms with E-state index >= 15 is 0 Å². The SMILES string of the molecule is CC(C#Cc1cnc(N2CCCC3(CC2)NC(=O)NC3=O)nc1N)NC(=O)NC=O. The standard InChI is InChI=1S/C18H22N8O4/c1-11(22-16(29)21-10-27)3-4-12-9-20-15(23-13(12)19)26-7-2-5-18(6-8-26)14(28)24-17(30)25-18/h9-11H,2,5-8H2,1H3,(H2,19,20,23)(H2,21,22,27,29)(H2,24,25,28,30). The van der Waals surface area contributed by atoms with Crippen LogP contribution in [0.5, 0.6) is 0 Å². The Morgan fingerprint density at radius 3 is 2.87 bits per heavy atom. The first kappa shape index (κ1) is 20.8. The van der Waals surface area contributed by atoms with Crippen molar-refractivity contribution in [3.63, 3.8) is 0 Å². The highest BCUT2D eigenvalue weighted by atomic mass is 16.2. The van der Waals surface area contributed by atoms with Crippen molar-refractivity contribution in [3.8, 4) is 11.8 Å². The van der Waals surface area contributed by atoms with Crippen molar-refractivity contribution in [3.05, 3.63) is 11.8 Å². The average molecular weight is 414 g/mol. The van der Waals surface area contributed by atoms with E-state index in [9.17, 15) is 19.2 Å². The maximum atomic E-state index is 12.2. The van der Waals surface area contributed by atoms with Crippen molar-refractivity contribution in [1.82, 2.24) is 31.2 Å². The normalized spacial score (nSPS) is 21.6. The van der Waals surface area contributed by atoms with E-state index in [-0.39, 0.29) is 18.1 Å². The van der Waals surface area contributed by atoms with Gasteiger partial charge in [-0.1, -0.05) is 11.8 Å². The number of aromatic nitrogens is 2. The van der Waals surface area contributed by atoms with Gasteiger partial charge in [0.05, 0.1) is 17.8 Å². The lowest BCUT2D eigenvalue weighted by molar-refractivity contribution is -0.124. The van der Waals surface area contributed by atoms with E-state index in [0.29, 0.717) is 43.9 Å². The molecule has 0 aromatic carbocycles. The largest absolute Gasteiger partial charge is 0.382 e. The lowest BCUT2D eigenvalue weighted by atomic mass is 9.91. The number of nitrogen functional groups attached to an aromatic ring is 1. The molecular weight excluding hydrogens is 392 g/mol. The van der Waals surface area contributed by atoms with Crippen LogP contribution in [-0.2, 0) is 9.59 Å². The second kappa shape index (κ2) is 8.64. The summed E-state index contributed by atoms with van der Waals surface area (Å²) in [6.45, 7) is 2.74. The van der Waals surface area contributed by atoms with Crippen LogP contribution in [0.2, 0.25) is 0 Å². The van der Waals surface area contributed by atoms with Gasteiger partial charge >= 0.3 is 12.1 Å². The number of urea groups is 2. The third kappa shape index (κ3) is 4.57. The highest BCUT2D eigenvalue weighted by Gasteiger charge is 2.46. The van der Waals surface area contributed by atoms with E-state index in [1.807, 2.05) is 10.2 Å². The van der Waals surface area contributed by atoms with Gasteiger partial charge in [-0.05, 0) is 26.2 Å². The third-order valence-corrected chi connectivity index (χ3v) is 4.90. The Morgan fingerprint density at radius 1 is 1.40 bits per heavy atom. The van der Waals surface area contributed by atoms with Crippen molar-refractivity contribution >= 4 is 36.1 Å². The molecule has 158 valence electrons. The van der Waals surface area contributed by atoms with Gasteiger partial charge in [-0.15, -0.1) is 0 Å². The molecule has 1 aromatic heterocycles. The lowest BCUT2D eigenvalue weighted by Gasteiger charge is -2.24. The molecule has 6 N–H and O–H groups in total. The van der Waals surface area contributed by atoms with Gasteiger partial charge in [-0.2, -0.15) is 4.98 Å². The molecule has 0 bridgehead atoms. The fraction of sp³-hybridized carbons (Fsp3) is 0.444. The van der Waals surface area contributed by atoms with Crippen LogP contribution in [0.1, 0.15) is 31.7 Å². The predicted molar refractivity (Wildman–Crippen MR) is 106 cm³/mol. The minimum atomic E-state index is -0.887. The zero-order chi connectivity index (χ0) is 21.7. The Bertz CT molecular complexity index is 940. The molecule has 2 saturated heterocycles. The second-order valence-electron chi connectivity index (χ2n) is 7.03. The number of anilines is 2.